The van der Waals surface area contributed by atoms with Gasteiger partial charge in [-0.3, -0.25) is 9.36 Å². The molecule has 0 unspecified atom stereocenters. The van der Waals surface area contributed by atoms with Crippen LogP contribution < -0.4 is 16.6 Å². The minimum atomic E-state index is -0.296. The molecule has 0 amide bonds. The van der Waals surface area contributed by atoms with E-state index in [-0.39, 0.29) is 17.3 Å². The molecular formula is C14H17N3O2. The number of piperidine rings is 1. The van der Waals surface area contributed by atoms with Crippen molar-refractivity contribution in [2.75, 3.05) is 13.1 Å². The molecule has 0 spiro atoms. The third-order valence-corrected chi connectivity index (χ3v) is 3.76. The first-order chi connectivity index (χ1) is 9.16. The highest BCUT2D eigenvalue weighted by Crippen LogP contribution is 2.16. The Morgan fingerprint density at radius 3 is 2.68 bits per heavy atom. The zero-order valence-electron chi connectivity index (χ0n) is 10.9. The molecule has 2 heterocycles. The second-order valence-corrected chi connectivity index (χ2v) is 5.14. The average molecular weight is 259 g/mol. The van der Waals surface area contributed by atoms with Crippen molar-refractivity contribution in [1.29, 1.82) is 0 Å². The highest BCUT2D eigenvalue weighted by molar-refractivity contribution is 5.77. The van der Waals surface area contributed by atoms with Crippen molar-refractivity contribution < 1.29 is 0 Å². The Morgan fingerprint density at radius 2 is 1.95 bits per heavy atom. The van der Waals surface area contributed by atoms with Crippen LogP contribution in [0, 0.1) is 6.92 Å². The summed E-state index contributed by atoms with van der Waals surface area (Å²) in [6.07, 6.45) is 1.64. The van der Waals surface area contributed by atoms with Crippen LogP contribution in [0.4, 0.5) is 0 Å². The second kappa shape index (κ2) is 4.66. The van der Waals surface area contributed by atoms with Gasteiger partial charge in [0.1, 0.15) is 0 Å². The van der Waals surface area contributed by atoms with Crippen molar-refractivity contribution in [3.63, 3.8) is 0 Å². The first-order valence-electron chi connectivity index (χ1n) is 6.63. The van der Waals surface area contributed by atoms with Crippen LogP contribution in [0.25, 0.3) is 10.9 Å². The predicted octanol–water partition coefficient (Wildman–Crippen LogP) is 0.923. The molecule has 5 heteroatoms. The van der Waals surface area contributed by atoms with Gasteiger partial charge in [0.15, 0.2) is 0 Å². The summed E-state index contributed by atoms with van der Waals surface area (Å²) >= 11 is 0. The molecule has 1 saturated heterocycles. The van der Waals surface area contributed by atoms with Gasteiger partial charge in [-0.25, -0.2) is 4.79 Å². The number of hydrogen-bond acceptors (Lipinski definition) is 3. The third-order valence-electron chi connectivity index (χ3n) is 3.76. The maximum atomic E-state index is 12.5. The third kappa shape index (κ3) is 2.10. The Labute approximate surface area is 110 Å². The molecule has 5 nitrogen and oxygen atoms in total. The Kier molecular flexibility index (Phi) is 2.98. The molecule has 0 bridgehead atoms. The second-order valence-electron chi connectivity index (χ2n) is 5.14. The van der Waals surface area contributed by atoms with E-state index in [0.717, 1.165) is 31.5 Å². The maximum absolute atomic E-state index is 12.5. The molecule has 0 saturated carbocycles. The highest BCUT2D eigenvalue weighted by Gasteiger charge is 2.19. The van der Waals surface area contributed by atoms with E-state index in [9.17, 15) is 9.59 Å². The molecule has 3 rings (SSSR count). The van der Waals surface area contributed by atoms with E-state index in [1.165, 1.54) is 4.57 Å². The summed E-state index contributed by atoms with van der Waals surface area (Å²) in [6, 6.07) is 5.53. The van der Waals surface area contributed by atoms with Gasteiger partial charge in [-0.05, 0) is 50.6 Å². The van der Waals surface area contributed by atoms with Gasteiger partial charge >= 0.3 is 5.69 Å². The molecule has 1 fully saturated rings. The SMILES string of the molecule is Cc1ccc2c(=O)n(C3CCNCC3)c(=O)[nH]c2c1. The fourth-order valence-corrected chi connectivity index (χ4v) is 2.74. The van der Waals surface area contributed by atoms with Crippen LogP contribution in [-0.2, 0) is 0 Å². The Hall–Kier alpha value is -1.88. The van der Waals surface area contributed by atoms with E-state index in [2.05, 4.69) is 10.3 Å². The number of hydrogen-bond donors (Lipinski definition) is 2. The quantitative estimate of drug-likeness (QED) is 0.800. The molecule has 1 aliphatic rings. The number of aromatic amines is 1. The lowest BCUT2D eigenvalue weighted by atomic mass is 10.1. The number of aromatic nitrogens is 2. The Balaban J connectivity index is 2.22. The lowest BCUT2D eigenvalue weighted by molar-refractivity contribution is 0.352. The van der Waals surface area contributed by atoms with Gasteiger partial charge in [-0.1, -0.05) is 6.07 Å². The molecule has 0 aliphatic carbocycles. The van der Waals surface area contributed by atoms with Gasteiger partial charge in [0.2, 0.25) is 0 Å². The normalized spacial score (nSPS) is 16.9. The molecule has 2 aromatic rings. The van der Waals surface area contributed by atoms with Gasteiger partial charge in [0.05, 0.1) is 10.9 Å². The summed E-state index contributed by atoms with van der Waals surface area (Å²) in [6.45, 7) is 3.64. The topological polar surface area (TPSA) is 66.9 Å². The van der Waals surface area contributed by atoms with Crippen molar-refractivity contribution in [2.45, 2.75) is 25.8 Å². The number of fused-ring (bicyclic) bond motifs is 1. The van der Waals surface area contributed by atoms with Gasteiger partial charge in [0, 0.05) is 6.04 Å². The first kappa shape index (κ1) is 12.2. The number of aryl methyl sites for hydroxylation is 1. The number of nitrogens with zero attached hydrogens (tertiary/aromatic N) is 1. The van der Waals surface area contributed by atoms with Crippen molar-refractivity contribution in [1.82, 2.24) is 14.9 Å². The molecule has 19 heavy (non-hydrogen) atoms. The Morgan fingerprint density at radius 1 is 1.21 bits per heavy atom. The average Bonchev–Trinajstić information content (AvgIpc) is 2.39. The van der Waals surface area contributed by atoms with Gasteiger partial charge in [0.25, 0.3) is 5.56 Å². The van der Waals surface area contributed by atoms with Gasteiger partial charge in [-0.15, -0.1) is 0 Å². The fourth-order valence-electron chi connectivity index (χ4n) is 2.74. The summed E-state index contributed by atoms with van der Waals surface area (Å²) in [5.74, 6) is 0. The van der Waals surface area contributed by atoms with E-state index >= 15 is 0 Å². The predicted molar refractivity (Wildman–Crippen MR) is 74.7 cm³/mol. The maximum Gasteiger partial charge on any atom is 0.329 e. The Bertz CT molecular complexity index is 724. The van der Waals surface area contributed by atoms with Crippen LogP contribution in [0.2, 0.25) is 0 Å². The van der Waals surface area contributed by atoms with Crippen molar-refractivity contribution >= 4 is 10.9 Å². The molecule has 1 aromatic heterocycles. The minimum Gasteiger partial charge on any atom is -0.317 e. The molecule has 2 N–H and O–H groups in total. The lowest BCUT2D eigenvalue weighted by Crippen LogP contribution is -2.42. The first-order valence-corrected chi connectivity index (χ1v) is 6.63. The molecule has 100 valence electrons. The largest absolute Gasteiger partial charge is 0.329 e. The van der Waals surface area contributed by atoms with Crippen molar-refractivity contribution in [3.05, 3.63) is 44.6 Å². The van der Waals surface area contributed by atoms with Crippen molar-refractivity contribution in [2.24, 2.45) is 0 Å². The standard InChI is InChI=1S/C14H17N3O2/c1-9-2-3-11-12(8-9)16-14(19)17(13(11)18)10-4-6-15-7-5-10/h2-3,8,10,15H,4-7H2,1H3,(H,16,19). The van der Waals surface area contributed by atoms with Gasteiger partial charge in [-0.2, -0.15) is 0 Å². The molecule has 1 aliphatic heterocycles. The van der Waals surface area contributed by atoms with Crippen LogP contribution in [0.15, 0.2) is 27.8 Å². The number of nitrogens with one attached hydrogen (secondary N) is 2. The van der Waals surface area contributed by atoms with E-state index in [4.69, 9.17) is 0 Å². The van der Waals surface area contributed by atoms with Crippen LogP contribution in [0.1, 0.15) is 24.4 Å². The summed E-state index contributed by atoms with van der Waals surface area (Å²) in [5, 5.41) is 3.83. The smallest absolute Gasteiger partial charge is 0.317 e. The molecule has 0 radical (unpaired) electrons. The fraction of sp³-hybridized carbons (Fsp3) is 0.429. The summed E-state index contributed by atoms with van der Waals surface area (Å²) in [4.78, 5) is 27.5. The van der Waals surface area contributed by atoms with Crippen LogP contribution >= 0.6 is 0 Å². The molecular weight excluding hydrogens is 242 g/mol. The lowest BCUT2D eigenvalue weighted by Gasteiger charge is -2.24. The monoisotopic (exact) mass is 259 g/mol. The van der Waals surface area contributed by atoms with E-state index < -0.39 is 0 Å². The summed E-state index contributed by atoms with van der Waals surface area (Å²) in [7, 11) is 0. The minimum absolute atomic E-state index is 0.00297. The number of rotatable bonds is 1. The van der Waals surface area contributed by atoms with Crippen LogP contribution in [0.3, 0.4) is 0 Å². The number of benzene rings is 1. The van der Waals surface area contributed by atoms with E-state index in [1.54, 1.807) is 6.07 Å². The van der Waals surface area contributed by atoms with Gasteiger partial charge < -0.3 is 10.3 Å². The van der Waals surface area contributed by atoms with Crippen LogP contribution in [-0.4, -0.2) is 22.6 Å². The van der Waals surface area contributed by atoms with Crippen LogP contribution in [0.5, 0.6) is 0 Å². The zero-order valence-corrected chi connectivity index (χ0v) is 10.9. The number of H-pyrrole nitrogens is 1. The van der Waals surface area contributed by atoms with Crippen molar-refractivity contribution in [3.8, 4) is 0 Å². The summed E-state index contributed by atoms with van der Waals surface area (Å²) < 4.78 is 1.39. The summed E-state index contributed by atoms with van der Waals surface area (Å²) in [5.41, 5.74) is 1.18. The molecule has 1 aromatic carbocycles. The highest BCUT2D eigenvalue weighted by atomic mass is 16.2. The zero-order chi connectivity index (χ0) is 13.4. The van der Waals surface area contributed by atoms with E-state index in [1.807, 2.05) is 19.1 Å². The van der Waals surface area contributed by atoms with E-state index in [0.29, 0.717) is 10.9 Å². The molecule has 0 atom stereocenters.